The molecule has 0 saturated carbocycles. The van der Waals surface area contributed by atoms with Crippen LogP contribution >= 0.6 is 0 Å². The van der Waals surface area contributed by atoms with Crippen LogP contribution in [0.15, 0.2) is 0 Å². The van der Waals surface area contributed by atoms with Crippen LogP contribution in [0.2, 0.25) is 0 Å². The zero-order chi connectivity index (χ0) is 12.2. The Morgan fingerprint density at radius 2 is 1.87 bits per heavy atom. The van der Waals surface area contributed by atoms with Gasteiger partial charge in [-0.15, -0.1) is 0 Å². The van der Waals surface area contributed by atoms with Crippen molar-refractivity contribution in [1.82, 2.24) is 4.90 Å². The number of amides is 1. The molecule has 3 nitrogen and oxygen atoms in total. The molecule has 0 rings (SSSR count). The highest BCUT2D eigenvalue weighted by atomic mass is 16.2. The third kappa shape index (κ3) is 3.91. The van der Waals surface area contributed by atoms with E-state index in [1.54, 1.807) is 25.8 Å². The summed E-state index contributed by atoms with van der Waals surface area (Å²) in [5, 5.41) is 8.88. The van der Waals surface area contributed by atoms with E-state index < -0.39 is 5.41 Å². The molecule has 0 aromatic rings. The van der Waals surface area contributed by atoms with Crippen molar-refractivity contribution in [3.8, 4) is 6.07 Å². The standard InChI is InChI=1S/C12H22N2O/c1-9(2)7-10(3)14(6)11(15)12(4,5)8-13/h9-10H,7H2,1-6H3. The number of nitriles is 1. The molecule has 0 aliphatic heterocycles. The SMILES string of the molecule is CC(C)CC(C)N(C)C(=O)C(C)(C)C#N. The summed E-state index contributed by atoms with van der Waals surface area (Å²) in [5.74, 6) is 0.457. The van der Waals surface area contributed by atoms with Gasteiger partial charge in [-0.3, -0.25) is 4.79 Å². The van der Waals surface area contributed by atoms with E-state index in [-0.39, 0.29) is 11.9 Å². The third-order valence-corrected chi connectivity index (χ3v) is 2.61. The summed E-state index contributed by atoms with van der Waals surface area (Å²) in [4.78, 5) is 13.6. The fraction of sp³-hybridized carbons (Fsp3) is 0.833. The normalized spacial score (nSPS) is 13.5. The van der Waals surface area contributed by atoms with Crippen LogP contribution in [-0.2, 0) is 4.79 Å². The Morgan fingerprint density at radius 1 is 1.40 bits per heavy atom. The minimum Gasteiger partial charge on any atom is -0.342 e. The molecule has 1 unspecified atom stereocenters. The predicted octanol–water partition coefficient (Wildman–Crippen LogP) is 2.43. The maximum Gasteiger partial charge on any atom is 0.242 e. The average Bonchev–Trinajstić information content (AvgIpc) is 2.14. The van der Waals surface area contributed by atoms with Crippen LogP contribution in [0.5, 0.6) is 0 Å². The monoisotopic (exact) mass is 210 g/mol. The first-order valence-corrected chi connectivity index (χ1v) is 5.41. The molecule has 15 heavy (non-hydrogen) atoms. The van der Waals surface area contributed by atoms with Crippen molar-refractivity contribution in [3.05, 3.63) is 0 Å². The van der Waals surface area contributed by atoms with Crippen LogP contribution in [0.4, 0.5) is 0 Å². The van der Waals surface area contributed by atoms with Crippen molar-refractivity contribution in [2.24, 2.45) is 11.3 Å². The van der Waals surface area contributed by atoms with Gasteiger partial charge < -0.3 is 4.90 Å². The zero-order valence-corrected chi connectivity index (χ0v) is 10.7. The summed E-state index contributed by atoms with van der Waals surface area (Å²) in [6, 6.07) is 2.22. The lowest BCUT2D eigenvalue weighted by molar-refractivity contribution is -0.138. The molecule has 86 valence electrons. The first-order chi connectivity index (χ1) is 6.72. The highest BCUT2D eigenvalue weighted by Gasteiger charge is 2.32. The summed E-state index contributed by atoms with van der Waals surface area (Å²) in [6.07, 6.45) is 0.962. The van der Waals surface area contributed by atoms with E-state index in [1.165, 1.54) is 0 Å². The molecule has 0 aliphatic carbocycles. The van der Waals surface area contributed by atoms with Crippen molar-refractivity contribution in [3.63, 3.8) is 0 Å². The van der Waals surface area contributed by atoms with Crippen LogP contribution in [0.3, 0.4) is 0 Å². The van der Waals surface area contributed by atoms with Crippen LogP contribution in [0.25, 0.3) is 0 Å². The van der Waals surface area contributed by atoms with Crippen molar-refractivity contribution >= 4 is 5.91 Å². The van der Waals surface area contributed by atoms with Crippen molar-refractivity contribution < 1.29 is 4.79 Å². The van der Waals surface area contributed by atoms with E-state index >= 15 is 0 Å². The predicted molar refractivity (Wildman–Crippen MR) is 61.1 cm³/mol. The molecule has 0 N–H and O–H groups in total. The van der Waals surface area contributed by atoms with Crippen LogP contribution < -0.4 is 0 Å². The number of hydrogen-bond donors (Lipinski definition) is 0. The maximum atomic E-state index is 11.9. The first-order valence-electron chi connectivity index (χ1n) is 5.41. The maximum absolute atomic E-state index is 11.9. The van der Waals surface area contributed by atoms with E-state index in [0.29, 0.717) is 5.92 Å². The molecule has 0 spiro atoms. The van der Waals surface area contributed by atoms with E-state index in [4.69, 9.17) is 5.26 Å². The van der Waals surface area contributed by atoms with Gasteiger partial charge >= 0.3 is 0 Å². The van der Waals surface area contributed by atoms with Crippen molar-refractivity contribution in [1.29, 1.82) is 5.26 Å². The smallest absolute Gasteiger partial charge is 0.242 e. The lowest BCUT2D eigenvalue weighted by Gasteiger charge is -2.30. The van der Waals surface area contributed by atoms with Crippen molar-refractivity contribution in [2.45, 2.75) is 47.1 Å². The van der Waals surface area contributed by atoms with Gasteiger partial charge in [0, 0.05) is 13.1 Å². The fourth-order valence-corrected chi connectivity index (χ4v) is 1.53. The number of hydrogen-bond acceptors (Lipinski definition) is 2. The van der Waals surface area contributed by atoms with E-state index in [9.17, 15) is 4.79 Å². The molecule has 0 saturated heterocycles. The van der Waals surface area contributed by atoms with Gasteiger partial charge in [0.05, 0.1) is 6.07 Å². The van der Waals surface area contributed by atoms with Crippen LogP contribution in [0, 0.1) is 22.7 Å². The molecule has 0 heterocycles. The van der Waals surface area contributed by atoms with E-state index in [2.05, 4.69) is 13.8 Å². The Kier molecular flexibility index (Phi) is 4.80. The fourth-order valence-electron chi connectivity index (χ4n) is 1.53. The summed E-state index contributed by atoms with van der Waals surface area (Å²) in [6.45, 7) is 9.60. The summed E-state index contributed by atoms with van der Waals surface area (Å²) >= 11 is 0. The lowest BCUT2D eigenvalue weighted by atomic mass is 9.92. The Hall–Kier alpha value is -1.04. The Labute approximate surface area is 93.1 Å². The third-order valence-electron chi connectivity index (χ3n) is 2.61. The quantitative estimate of drug-likeness (QED) is 0.715. The second kappa shape index (κ2) is 5.16. The van der Waals surface area contributed by atoms with E-state index in [1.807, 2.05) is 13.0 Å². The number of carbonyl (C=O) groups is 1. The molecule has 0 fully saturated rings. The summed E-state index contributed by atoms with van der Waals surface area (Å²) in [5.41, 5.74) is -0.917. The Morgan fingerprint density at radius 3 is 2.20 bits per heavy atom. The molecule has 0 aromatic carbocycles. The van der Waals surface area contributed by atoms with Gasteiger partial charge in [-0.25, -0.2) is 0 Å². The molecule has 0 aromatic heterocycles. The van der Waals surface area contributed by atoms with Gasteiger partial charge in [0.15, 0.2) is 0 Å². The first kappa shape index (κ1) is 14.0. The summed E-state index contributed by atoms with van der Waals surface area (Å²) in [7, 11) is 1.77. The molecule has 3 heteroatoms. The number of carbonyl (C=O) groups excluding carboxylic acids is 1. The molecular weight excluding hydrogens is 188 g/mol. The summed E-state index contributed by atoms with van der Waals surface area (Å²) < 4.78 is 0. The van der Waals surface area contributed by atoms with Crippen molar-refractivity contribution in [2.75, 3.05) is 7.05 Å². The van der Waals surface area contributed by atoms with Gasteiger partial charge in [0.2, 0.25) is 5.91 Å². The molecule has 0 bridgehead atoms. The second-order valence-corrected chi connectivity index (χ2v) is 5.13. The van der Waals surface area contributed by atoms with E-state index in [0.717, 1.165) is 6.42 Å². The molecular formula is C12H22N2O. The topological polar surface area (TPSA) is 44.1 Å². The lowest BCUT2D eigenvalue weighted by Crippen LogP contribution is -2.43. The Bertz CT molecular complexity index is 263. The highest BCUT2D eigenvalue weighted by Crippen LogP contribution is 2.20. The zero-order valence-electron chi connectivity index (χ0n) is 10.7. The van der Waals surface area contributed by atoms with Gasteiger partial charge in [-0.05, 0) is 33.1 Å². The van der Waals surface area contributed by atoms with Gasteiger partial charge in [-0.2, -0.15) is 5.26 Å². The molecule has 1 atom stereocenters. The molecule has 0 radical (unpaired) electrons. The Balaban J connectivity index is 4.53. The average molecular weight is 210 g/mol. The number of nitrogens with zero attached hydrogens (tertiary/aromatic N) is 2. The molecule has 0 aliphatic rings. The minimum absolute atomic E-state index is 0.0989. The highest BCUT2D eigenvalue weighted by molar-refractivity contribution is 5.84. The van der Waals surface area contributed by atoms with Crippen LogP contribution in [-0.4, -0.2) is 23.9 Å². The second-order valence-electron chi connectivity index (χ2n) is 5.13. The van der Waals surface area contributed by atoms with Gasteiger partial charge in [0.1, 0.15) is 5.41 Å². The molecule has 1 amide bonds. The number of rotatable bonds is 4. The minimum atomic E-state index is -0.917. The van der Waals surface area contributed by atoms with Gasteiger partial charge in [0.25, 0.3) is 0 Å². The van der Waals surface area contributed by atoms with Crippen LogP contribution in [0.1, 0.15) is 41.0 Å². The van der Waals surface area contributed by atoms with Gasteiger partial charge in [-0.1, -0.05) is 13.8 Å². The largest absolute Gasteiger partial charge is 0.342 e.